The van der Waals surface area contributed by atoms with Crippen LogP contribution < -0.4 is 4.90 Å². The lowest BCUT2D eigenvalue weighted by Crippen LogP contribution is -3.13. The quantitative estimate of drug-likeness (QED) is 0.743. The van der Waals surface area contributed by atoms with Gasteiger partial charge in [-0.15, -0.1) is 11.3 Å². The van der Waals surface area contributed by atoms with Crippen LogP contribution in [0.5, 0.6) is 0 Å². The van der Waals surface area contributed by atoms with Crippen LogP contribution in [0, 0.1) is 0 Å². The number of benzene rings is 1. The average molecular weight is 367 g/mol. The van der Waals surface area contributed by atoms with E-state index in [-0.39, 0.29) is 5.91 Å². The Morgan fingerprint density at radius 1 is 1.12 bits per heavy atom. The van der Waals surface area contributed by atoms with Gasteiger partial charge in [-0.1, -0.05) is 36.4 Å². The number of amides is 1. The SMILES string of the molecule is O=C(c1cnn(Cc2ccccc2)c1)N1CC[NH+](Cc2cccs2)CC1. The fraction of sp³-hybridized carbons (Fsp3) is 0.300. The normalized spacial score (nSPS) is 15.3. The van der Waals surface area contributed by atoms with Crippen molar-refractivity contribution in [1.82, 2.24) is 14.7 Å². The molecule has 1 amide bonds. The van der Waals surface area contributed by atoms with Crippen LogP contribution in [0.3, 0.4) is 0 Å². The number of nitrogens with one attached hydrogen (secondary N) is 1. The topological polar surface area (TPSA) is 42.6 Å². The van der Waals surface area contributed by atoms with Crippen LogP contribution in [0.15, 0.2) is 60.2 Å². The van der Waals surface area contributed by atoms with E-state index in [9.17, 15) is 4.79 Å². The van der Waals surface area contributed by atoms with Gasteiger partial charge in [0.25, 0.3) is 5.91 Å². The number of quaternary nitrogens is 1. The fourth-order valence-electron chi connectivity index (χ4n) is 3.38. The maximum atomic E-state index is 12.8. The van der Waals surface area contributed by atoms with Crippen molar-refractivity contribution in [3.8, 4) is 0 Å². The van der Waals surface area contributed by atoms with E-state index in [4.69, 9.17) is 0 Å². The Labute approximate surface area is 157 Å². The molecule has 1 fully saturated rings. The van der Waals surface area contributed by atoms with Gasteiger partial charge in [-0.2, -0.15) is 5.10 Å². The lowest BCUT2D eigenvalue weighted by atomic mass is 10.2. The van der Waals surface area contributed by atoms with E-state index in [0.29, 0.717) is 12.1 Å². The molecule has 0 spiro atoms. The first kappa shape index (κ1) is 17.0. The van der Waals surface area contributed by atoms with Crippen molar-refractivity contribution in [2.24, 2.45) is 0 Å². The predicted molar refractivity (Wildman–Crippen MR) is 102 cm³/mol. The van der Waals surface area contributed by atoms with Gasteiger partial charge in [0.15, 0.2) is 0 Å². The van der Waals surface area contributed by atoms with E-state index in [0.717, 1.165) is 32.7 Å². The molecule has 0 saturated carbocycles. The van der Waals surface area contributed by atoms with Gasteiger partial charge < -0.3 is 9.80 Å². The maximum Gasteiger partial charge on any atom is 0.257 e. The van der Waals surface area contributed by atoms with E-state index in [1.165, 1.54) is 10.4 Å². The molecule has 1 aromatic carbocycles. The van der Waals surface area contributed by atoms with Crippen LogP contribution in [0.2, 0.25) is 0 Å². The number of nitrogens with zero attached hydrogens (tertiary/aromatic N) is 3. The molecule has 6 heteroatoms. The van der Waals surface area contributed by atoms with Gasteiger partial charge in [0.1, 0.15) is 6.54 Å². The highest BCUT2D eigenvalue weighted by atomic mass is 32.1. The van der Waals surface area contributed by atoms with Gasteiger partial charge in [-0.05, 0) is 17.0 Å². The highest BCUT2D eigenvalue weighted by Gasteiger charge is 2.25. The molecule has 0 atom stereocenters. The number of thiophene rings is 1. The number of carbonyl (C=O) groups is 1. The number of hydrogen-bond donors (Lipinski definition) is 1. The number of carbonyl (C=O) groups excluding carboxylic acids is 1. The Morgan fingerprint density at radius 2 is 1.92 bits per heavy atom. The molecule has 3 heterocycles. The molecule has 1 N–H and O–H groups in total. The van der Waals surface area contributed by atoms with Gasteiger partial charge in [0.05, 0.1) is 49.4 Å². The zero-order chi connectivity index (χ0) is 17.8. The van der Waals surface area contributed by atoms with Crippen molar-refractivity contribution in [2.45, 2.75) is 13.1 Å². The van der Waals surface area contributed by atoms with Gasteiger partial charge >= 0.3 is 0 Å². The smallest absolute Gasteiger partial charge is 0.257 e. The van der Waals surface area contributed by atoms with Gasteiger partial charge in [-0.3, -0.25) is 9.48 Å². The van der Waals surface area contributed by atoms with Crippen molar-refractivity contribution >= 4 is 17.2 Å². The third-order valence-corrected chi connectivity index (χ3v) is 5.71. The second-order valence-electron chi connectivity index (χ2n) is 6.71. The molecule has 0 radical (unpaired) electrons. The molecule has 0 aliphatic carbocycles. The highest BCUT2D eigenvalue weighted by Crippen LogP contribution is 2.09. The molecular formula is C20H23N4OS+. The molecule has 1 saturated heterocycles. The summed E-state index contributed by atoms with van der Waals surface area (Å²) in [5, 5.41) is 6.48. The lowest BCUT2D eigenvalue weighted by Gasteiger charge is -2.31. The molecule has 1 aliphatic heterocycles. The van der Waals surface area contributed by atoms with Crippen molar-refractivity contribution in [2.75, 3.05) is 26.2 Å². The molecule has 134 valence electrons. The molecule has 4 rings (SSSR count). The zero-order valence-corrected chi connectivity index (χ0v) is 15.5. The Balaban J connectivity index is 1.32. The molecule has 3 aromatic rings. The summed E-state index contributed by atoms with van der Waals surface area (Å²) in [6, 6.07) is 14.5. The molecular weight excluding hydrogens is 344 g/mol. The fourth-order valence-corrected chi connectivity index (χ4v) is 4.15. The molecule has 2 aromatic heterocycles. The Kier molecular flexibility index (Phi) is 5.13. The maximum absolute atomic E-state index is 12.8. The summed E-state index contributed by atoms with van der Waals surface area (Å²) in [5.74, 6) is 0.0967. The summed E-state index contributed by atoms with van der Waals surface area (Å²) < 4.78 is 1.83. The Bertz CT molecular complexity index is 836. The first-order valence-electron chi connectivity index (χ1n) is 8.99. The summed E-state index contributed by atoms with van der Waals surface area (Å²) in [4.78, 5) is 17.7. The van der Waals surface area contributed by atoms with Crippen LogP contribution in [-0.2, 0) is 13.1 Å². The minimum absolute atomic E-state index is 0.0967. The molecule has 0 bridgehead atoms. The van der Waals surface area contributed by atoms with Crippen molar-refractivity contribution in [3.05, 3.63) is 76.2 Å². The van der Waals surface area contributed by atoms with E-state index in [1.54, 1.807) is 11.1 Å². The van der Waals surface area contributed by atoms with Crippen LogP contribution in [0.1, 0.15) is 20.8 Å². The Morgan fingerprint density at radius 3 is 2.65 bits per heavy atom. The summed E-state index contributed by atoms with van der Waals surface area (Å²) in [7, 11) is 0. The second kappa shape index (κ2) is 7.85. The van der Waals surface area contributed by atoms with Gasteiger partial charge in [0.2, 0.25) is 0 Å². The second-order valence-corrected chi connectivity index (χ2v) is 7.74. The zero-order valence-electron chi connectivity index (χ0n) is 14.7. The Hall–Kier alpha value is -2.44. The minimum atomic E-state index is 0.0967. The van der Waals surface area contributed by atoms with E-state index in [1.807, 2.05) is 45.3 Å². The van der Waals surface area contributed by atoms with Crippen molar-refractivity contribution in [3.63, 3.8) is 0 Å². The molecule has 26 heavy (non-hydrogen) atoms. The third-order valence-electron chi connectivity index (χ3n) is 4.83. The predicted octanol–water partition coefficient (Wildman–Crippen LogP) is 1.53. The minimum Gasteiger partial charge on any atom is -0.328 e. The van der Waals surface area contributed by atoms with Crippen LogP contribution in [0.4, 0.5) is 0 Å². The summed E-state index contributed by atoms with van der Waals surface area (Å²) >= 11 is 1.81. The van der Waals surface area contributed by atoms with Gasteiger partial charge in [-0.25, -0.2) is 0 Å². The summed E-state index contributed by atoms with van der Waals surface area (Å²) in [6.07, 6.45) is 3.55. The number of hydrogen-bond acceptors (Lipinski definition) is 3. The largest absolute Gasteiger partial charge is 0.328 e. The van der Waals surface area contributed by atoms with Crippen molar-refractivity contribution in [1.29, 1.82) is 0 Å². The standard InChI is InChI=1S/C20H22N4OS/c25-20(18-13-21-24(15-18)14-17-5-2-1-3-6-17)23-10-8-22(9-11-23)16-19-7-4-12-26-19/h1-7,12-13,15H,8-11,14,16H2/p+1. The molecule has 0 unspecified atom stereocenters. The number of piperazine rings is 1. The van der Waals surface area contributed by atoms with Crippen LogP contribution in [0.25, 0.3) is 0 Å². The van der Waals surface area contributed by atoms with E-state index >= 15 is 0 Å². The first-order valence-corrected chi connectivity index (χ1v) is 9.87. The molecule has 1 aliphatic rings. The van der Waals surface area contributed by atoms with Crippen LogP contribution >= 0.6 is 11.3 Å². The van der Waals surface area contributed by atoms with E-state index < -0.39 is 0 Å². The van der Waals surface area contributed by atoms with Gasteiger partial charge in [0, 0.05) is 6.20 Å². The third kappa shape index (κ3) is 4.03. The van der Waals surface area contributed by atoms with E-state index in [2.05, 4.69) is 34.7 Å². The van der Waals surface area contributed by atoms with Crippen LogP contribution in [-0.4, -0.2) is 46.8 Å². The number of rotatable bonds is 5. The lowest BCUT2D eigenvalue weighted by molar-refractivity contribution is -0.917. The summed E-state index contributed by atoms with van der Waals surface area (Å²) in [5.41, 5.74) is 1.86. The number of aromatic nitrogens is 2. The first-order chi connectivity index (χ1) is 12.8. The monoisotopic (exact) mass is 367 g/mol. The summed E-state index contributed by atoms with van der Waals surface area (Å²) in [6.45, 7) is 5.37. The molecule has 5 nitrogen and oxygen atoms in total. The highest BCUT2D eigenvalue weighted by molar-refractivity contribution is 7.09. The van der Waals surface area contributed by atoms with Crippen molar-refractivity contribution < 1.29 is 9.69 Å². The average Bonchev–Trinajstić information content (AvgIpc) is 3.35.